The van der Waals surface area contributed by atoms with Crippen molar-refractivity contribution in [1.82, 2.24) is 19.5 Å². The molecule has 0 spiro atoms. The van der Waals surface area contributed by atoms with Crippen molar-refractivity contribution < 1.29 is 65.9 Å². The number of benzene rings is 1. The number of phosphoric acid groups is 3. The molecule has 43 heavy (non-hydrogen) atoms. The van der Waals surface area contributed by atoms with E-state index < -0.39 is 76.9 Å². The predicted octanol–water partition coefficient (Wildman–Crippen LogP) is 0.358. The highest BCUT2D eigenvalue weighted by Crippen LogP contribution is 2.68. The number of para-hydroxylation sites is 1. The lowest BCUT2D eigenvalue weighted by molar-refractivity contribution is -0.386. The number of H-pyrrole nitrogens is 1. The lowest BCUT2D eigenvalue weighted by atomic mass is 10.1. The van der Waals surface area contributed by atoms with Crippen LogP contribution in [0.2, 0.25) is 0 Å². The monoisotopic (exact) mass is 672 g/mol. The zero-order valence-corrected chi connectivity index (χ0v) is 24.1. The summed E-state index contributed by atoms with van der Waals surface area (Å²) in [5, 5.41) is 32.0. The number of nitrogens with two attached hydrogens (primary N) is 1. The number of phosphoric ester groups is 2. The average Bonchev–Trinajstić information content (AvgIpc) is 3.41. The maximum Gasteiger partial charge on any atom is 0.490 e. The molecule has 8 N–H and O–H groups in total. The van der Waals surface area contributed by atoms with Gasteiger partial charge in [-0.25, -0.2) is 18.7 Å². The molecule has 236 valence electrons. The highest BCUT2D eigenvalue weighted by atomic mass is 31.3. The molecule has 3 heterocycles. The summed E-state index contributed by atoms with van der Waals surface area (Å²) in [7, 11) is -17.1. The van der Waals surface area contributed by atoms with E-state index in [4.69, 9.17) is 10.5 Å². The SMILES string of the molecule is CC(OP(=O)(O)OP(=O)(O)OP(=O)(O)OCC1OC(n2cnc3c(=O)[nH]c(N)nc32)C(O)C1O)c1ccccc1[N+](=O)[O-]. The van der Waals surface area contributed by atoms with Gasteiger partial charge in [-0.1, -0.05) is 12.1 Å². The number of hydrogen-bond donors (Lipinski definition) is 7. The number of nitro groups is 1. The number of fused-ring (bicyclic) bond motifs is 1. The molecule has 0 saturated carbocycles. The van der Waals surface area contributed by atoms with Gasteiger partial charge < -0.3 is 35.4 Å². The van der Waals surface area contributed by atoms with E-state index >= 15 is 0 Å². The van der Waals surface area contributed by atoms with Crippen LogP contribution in [0.3, 0.4) is 0 Å². The van der Waals surface area contributed by atoms with E-state index in [1.54, 1.807) is 0 Å². The van der Waals surface area contributed by atoms with Crippen molar-refractivity contribution in [2.24, 2.45) is 0 Å². The minimum Gasteiger partial charge on any atom is -0.387 e. The summed E-state index contributed by atoms with van der Waals surface area (Å²) in [4.78, 5) is 61.9. The van der Waals surface area contributed by atoms with Gasteiger partial charge >= 0.3 is 23.5 Å². The van der Waals surface area contributed by atoms with E-state index in [-0.39, 0.29) is 22.7 Å². The first-order chi connectivity index (χ1) is 19.9. The van der Waals surface area contributed by atoms with Gasteiger partial charge in [-0.05, 0) is 13.0 Å². The van der Waals surface area contributed by atoms with Crippen LogP contribution in [-0.2, 0) is 36.1 Å². The number of aliphatic hydroxyl groups is 2. The second-order valence-electron chi connectivity index (χ2n) is 8.75. The van der Waals surface area contributed by atoms with Crippen molar-refractivity contribution in [2.45, 2.75) is 37.6 Å². The molecule has 1 fully saturated rings. The molecule has 22 nitrogen and oxygen atoms in total. The molecule has 0 aliphatic carbocycles. The molecule has 3 aromatic rings. The molecule has 25 heteroatoms. The molecule has 1 aliphatic heterocycles. The minimum atomic E-state index is -5.92. The molecule has 4 rings (SSSR count). The van der Waals surface area contributed by atoms with Gasteiger partial charge in [0.1, 0.15) is 18.3 Å². The zero-order chi connectivity index (χ0) is 31.9. The normalized spacial score (nSPS) is 25.5. The predicted molar refractivity (Wildman–Crippen MR) is 139 cm³/mol. The number of ether oxygens (including phenoxy) is 1. The average molecular weight is 672 g/mol. The Morgan fingerprint density at radius 1 is 1.14 bits per heavy atom. The molecule has 8 unspecified atom stereocenters. The van der Waals surface area contributed by atoms with E-state index in [1.165, 1.54) is 18.2 Å². The lowest BCUT2D eigenvalue weighted by Crippen LogP contribution is -2.33. The first kappa shape index (κ1) is 33.0. The van der Waals surface area contributed by atoms with Crippen molar-refractivity contribution >= 4 is 46.3 Å². The van der Waals surface area contributed by atoms with Gasteiger partial charge in [0.15, 0.2) is 17.4 Å². The fourth-order valence-electron chi connectivity index (χ4n) is 3.97. The van der Waals surface area contributed by atoms with Crippen molar-refractivity contribution in [3.8, 4) is 0 Å². The second kappa shape index (κ2) is 12.2. The van der Waals surface area contributed by atoms with E-state index in [1.807, 2.05) is 0 Å². The Kier molecular flexibility index (Phi) is 9.36. The second-order valence-corrected chi connectivity index (χ2v) is 13.3. The molecular formula is C18H23N6O16P3. The highest BCUT2D eigenvalue weighted by molar-refractivity contribution is 7.66. The van der Waals surface area contributed by atoms with E-state index in [9.17, 15) is 53.5 Å². The fourth-order valence-corrected chi connectivity index (χ4v) is 7.63. The van der Waals surface area contributed by atoms with Crippen LogP contribution >= 0.6 is 23.5 Å². The summed E-state index contributed by atoms with van der Waals surface area (Å²) in [5.41, 5.74) is 3.77. The van der Waals surface area contributed by atoms with Crippen LogP contribution in [0.25, 0.3) is 11.2 Å². The summed E-state index contributed by atoms with van der Waals surface area (Å²) >= 11 is 0. The number of aliphatic hydroxyl groups excluding tert-OH is 2. The third kappa shape index (κ3) is 7.59. The van der Waals surface area contributed by atoms with Gasteiger partial charge in [0.05, 0.1) is 29.5 Å². The lowest BCUT2D eigenvalue weighted by Gasteiger charge is -2.21. The Bertz CT molecular complexity index is 1730. The topological polar surface area (TPSA) is 331 Å². The summed E-state index contributed by atoms with van der Waals surface area (Å²) in [5.74, 6) is -0.296. The van der Waals surface area contributed by atoms with Gasteiger partial charge in [-0.15, -0.1) is 0 Å². The number of nitrogen functional groups attached to an aromatic ring is 1. The van der Waals surface area contributed by atoms with Crippen LogP contribution in [0.5, 0.6) is 0 Å². The van der Waals surface area contributed by atoms with Gasteiger partial charge in [0, 0.05) is 6.07 Å². The first-order valence-corrected chi connectivity index (χ1v) is 16.1. The zero-order valence-electron chi connectivity index (χ0n) is 21.4. The maximum absolute atomic E-state index is 12.3. The molecule has 0 amide bonds. The molecule has 1 aliphatic rings. The molecule has 8 atom stereocenters. The van der Waals surface area contributed by atoms with E-state index in [0.29, 0.717) is 0 Å². The summed E-state index contributed by atoms with van der Waals surface area (Å²) < 4.78 is 60.6. The Morgan fingerprint density at radius 3 is 2.47 bits per heavy atom. The molecule has 1 aromatic carbocycles. The summed E-state index contributed by atoms with van der Waals surface area (Å²) in [6.07, 6.45) is -7.09. The van der Waals surface area contributed by atoms with Crippen LogP contribution < -0.4 is 11.3 Å². The van der Waals surface area contributed by atoms with Crippen LogP contribution in [0, 0.1) is 10.1 Å². The number of nitrogens with one attached hydrogen (secondary N) is 1. The third-order valence-electron chi connectivity index (χ3n) is 5.74. The number of nitro benzene ring substituents is 1. The van der Waals surface area contributed by atoms with Crippen molar-refractivity contribution in [2.75, 3.05) is 12.3 Å². The van der Waals surface area contributed by atoms with E-state index in [2.05, 4.69) is 32.6 Å². The Morgan fingerprint density at radius 2 is 1.79 bits per heavy atom. The van der Waals surface area contributed by atoms with Gasteiger partial charge in [0.2, 0.25) is 5.95 Å². The van der Waals surface area contributed by atoms with Crippen molar-refractivity contribution in [3.05, 3.63) is 56.6 Å². The Balaban J connectivity index is 1.39. The number of rotatable bonds is 12. The molecular weight excluding hydrogens is 649 g/mol. The fraction of sp³-hybridized carbons (Fsp3) is 0.389. The number of hydrogen-bond acceptors (Lipinski definition) is 16. The smallest absolute Gasteiger partial charge is 0.387 e. The van der Waals surface area contributed by atoms with Crippen molar-refractivity contribution in [3.63, 3.8) is 0 Å². The number of aromatic amines is 1. The largest absolute Gasteiger partial charge is 0.490 e. The number of anilines is 1. The van der Waals surface area contributed by atoms with Crippen LogP contribution in [-0.4, -0.2) is 74.3 Å². The highest BCUT2D eigenvalue weighted by Gasteiger charge is 2.47. The standard InChI is InChI=1S/C18H23N6O16P3/c1-8(9-4-2-3-5-10(9)24(28)29)38-42(32,33)40-43(34,35)39-41(30,31)36-6-11-13(25)14(26)17(37-11)23-7-20-12-15(23)21-18(19)22-16(12)27/h2-5,7-8,11,13-14,17,25-26H,6H2,1H3,(H,30,31)(H,32,33)(H,34,35)(H3,19,21,22,27). The maximum atomic E-state index is 12.3. The quantitative estimate of drug-likeness (QED) is 0.0775. The van der Waals surface area contributed by atoms with Gasteiger partial charge in [0.25, 0.3) is 11.2 Å². The number of nitrogens with zero attached hydrogens (tertiary/aromatic N) is 4. The van der Waals surface area contributed by atoms with Crippen LogP contribution in [0.1, 0.15) is 24.8 Å². The Labute approximate surface area is 238 Å². The number of aromatic nitrogens is 4. The number of imidazole rings is 1. The third-order valence-corrected chi connectivity index (χ3v) is 10.1. The molecule has 0 radical (unpaired) electrons. The molecule has 2 aromatic heterocycles. The summed E-state index contributed by atoms with van der Waals surface area (Å²) in [6.45, 7) is 0.0231. The van der Waals surface area contributed by atoms with Crippen LogP contribution in [0.4, 0.5) is 11.6 Å². The first-order valence-electron chi connectivity index (χ1n) is 11.6. The summed E-state index contributed by atoms with van der Waals surface area (Å²) in [6, 6.07) is 4.90. The molecule has 0 bridgehead atoms. The van der Waals surface area contributed by atoms with Crippen LogP contribution in [0.15, 0.2) is 35.4 Å². The van der Waals surface area contributed by atoms with Gasteiger partial charge in [-0.2, -0.15) is 13.6 Å². The minimum absolute atomic E-state index is 0.138. The molecule has 1 saturated heterocycles. The van der Waals surface area contributed by atoms with Crippen molar-refractivity contribution in [1.29, 1.82) is 0 Å². The van der Waals surface area contributed by atoms with Gasteiger partial charge in [-0.3, -0.25) is 33.5 Å². The Hall–Kier alpha value is -2.94. The van der Waals surface area contributed by atoms with E-state index in [0.717, 1.165) is 23.9 Å².